The zero-order chi connectivity index (χ0) is 15.7. The molecule has 0 saturated heterocycles. The molecule has 0 saturated carbocycles. The number of hydrogen-bond donors (Lipinski definition) is 4. The fourth-order valence-electron chi connectivity index (χ4n) is 1.82. The Morgan fingerprint density at radius 1 is 1.23 bits per heavy atom. The largest absolute Gasteiger partial charge is 0.507 e. The summed E-state index contributed by atoms with van der Waals surface area (Å²) in [6.45, 7) is 0. The molecule has 0 radical (unpaired) electrons. The van der Waals surface area contributed by atoms with Crippen molar-refractivity contribution in [2.45, 2.75) is 4.90 Å². The lowest BCUT2D eigenvalue weighted by atomic mass is 10.3. The topological polar surface area (TPSA) is 130 Å². The minimum absolute atomic E-state index is 0.352. The van der Waals surface area contributed by atoms with Crippen LogP contribution in [0.5, 0.6) is 5.75 Å². The van der Waals surface area contributed by atoms with Gasteiger partial charge in [-0.3, -0.25) is 5.43 Å². The van der Waals surface area contributed by atoms with Crippen LogP contribution >= 0.6 is 11.5 Å². The number of hydrazine groups is 1. The predicted molar refractivity (Wildman–Crippen MR) is 84.1 cm³/mol. The molecule has 0 spiro atoms. The molecule has 0 amide bonds. The van der Waals surface area contributed by atoms with Crippen LogP contribution in [0.3, 0.4) is 0 Å². The number of rotatable bonds is 4. The third-order valence-electron chi connectivity index (χ3n) is 2.84. The van der Waals surface area contributed by atoms with Gasteiger partial charge in [-0.25, -0.2) is 18.5 Å². The van der Waals surface area contributed by atoms with E-state index in [4.69, 9.17) is 5.14 Å². The van der Waals surface area contributed by atoms with Gasteiger partial charge in [0.2, 0.25) is 10.0 Å². The SMILES string of the molecule is NS(=O)(=O)c1cc(NNc2snc3ncccc23)ccc1O. The van der Waals surface area contributed by atoms with E-state index < -0.39 is 15.8 Å². The molecule has 0 aliphatic rings. The van der Waals surface area contributed by atoms with Crippen molar-refractivity contribution in [3.05, 3.63) is 36.5 Å². The fourth-order valence-corrected chi connectivity index (χ4v) is 3.15. The van der Waals surface area contributed by atoms with Crippen molar-refractivity contribution in [1.29, 1.82) is 0 Å². The number of pyridine rings is 1. The second-order valence-electron chi connectivity index (χ2n) is 4.36. The number of aromatic hydroxyl groups is 1. The predicted octanol–water partition coefficient (Wildman–Crippen LogP) is 1.48. The number of benzene rings is 1. The zero-order valence-corrected chi connectivity index (χ0v) is 12.6. The van der Waals surface area contributed by atoms with Crippen LogP contribution in [0.2, 0.25) is 0 Å². The quantitative estimate of drug-likeness (QED) is 0.419. The van der Waals surface area contributed by atoms with Gasteiger partial charge in [-0.05, 0) is 41.9 Å². The molecule has 0 fully saturated rings. The minimum atomic E-state index is -4.00. The Bertz CT molecular complexity index is 939. The highest BCUT2D eigenvalue weighted by molar-refractivity contribution is 7.89. The first-order valence-electron chi connectivity index (χ1n) is 6.03. The Hall–Kier alpha value is -2.43. The first-order valence-corrected chi connectivity index (χ1v) is 8.35. The number of nitrogens with one attached hydrogen (secondary N) is 2. The van der Waals surface area contributed by atoms with Gasteiger partial charge in [0, 0.05) is 6.20 Å². The van der Waals surface area contributed by atoms with Crippen molar-refractivity contribution in [3.63, 3.8) is 0 Å². The molecule has 2 heterocycles. The summed E-state index contributed by atoms with van der Waals surface area (Å²) in [5.41, 5.74) is 6.81. The maximum Gasteiger partial charge on any atom is 0.241 e. The van der Waals surface area contributed by atoms with Gasteiger partial charge in [0.1, 0.15) is 15.6 Å². The van der Waals surface area contributed by atoms with Crippen LogP contribution in [-0.4, -0.2) is 22.9 Å². The zero-order valence-electron chi connectivity index (χ0n) is 11.0. The van der Waals surface area contributed by atoms with Crippen LogP contribution in [0.1, 0.15) is 0 Å². The lowest BCUT2D eigenvalue weighted by molar-refractivity contribution is 0.459. The Kier molecular flexibility index (Phi) is 3.56. The van der Waals surface area contributed by atoms with Gasteiger partial charge in [-0.1, -0.05) is 0 Å². The highest BCUT2D eigenvalue weighted by Gasteiger charge is 2.14. The van der Waals surface area contributed by atoms with Gasteiger partial charge >= 0.3 is 0 Å². The number of hydrogen-bond acceptors (Lipinski definition) is 8. The number of nitrogens with two attached hydrogens (primary N) is 1. The van der Waals surface area contributed by atoms with Crippen molar-refractivity contribution in [2.75, 3.05) is 10.9 Å². The van der Waals surface area contributed by atoms with Crippen molar-refractivity contribution >= 4 is 43.3 Å². The molecule has 0 aliphatic carbocycles. The Labute approximate surface area is 129 Å². The maximum absolute atomic E-state index is 11.4. The van der Waals surface area contributed by atoms with Gasteiger partial charge in [-0.15, -0.1) is 0 Å². The summed E-state index contributed by atoms with van der Waals surface area (Å²) in [5, 5.41) is 16.1. The third-order valence-corrected chi connectivity index (χ3v) is 4.55. The highest BCUT2D eigenvalue weighted by atomic mass is 32.2. The van der Waals surface area contributed by atoms with Crippen molar-refractivity contribution in [1.82, 2.24) is 9.36 Å². The second kappa shape index (κ2) is 5.40. The van der Waals surface area contributed by atoms with E-state index in [0.29, 0.717) is 11.3 Å². The van der Waals surface area contributed by atoms with Crippen molar-refractivity contribution in [3.8, 4) is 5.75 Å². The van der Waals surface area contributed by atoms with Gasteiger partial charge in [0.05, 0.1) is 11.1 Å². The number of primary sulfonamides is 1. The van der Waals surface area contributed by atoms with E-state index >= 15 is 0 Å². The standard InChI is InChI=1S/C12H11N5O3S2/c13-22(19,20)10-6-7(3-4-9(10)18)15-16-12-8-2-1-5-14-11(8)17-21-12/h1-6,15-16,18H,(H2,13,19,20). The van der Waals surface area contributed by atoms with Gasteiger partial charge in [0.15, 0.2) is 5.65 Å². The molecule has 0 unspecified atom stereocenters. The monoisotopic (exact) mass is 337 g/mol. The fraction of sp³-hybridized carbons (Fsp3) is 0. The highest BCUT2D eigenvalue weighted by Crippen LogP contribution is 2.28. The van der Waals surface area contributed by atoms with E-state index in [2.05, 4.69) is 20.2 Å². The van der Waals surface area contributed by atoms with Crippen LogP contribution < -0.4 is 16.0 Å². The lowest BCUT2D eigenvalue weighted by Gasteiger charge is -2.10. The van der Waals surface area contributed by atoms with Gasteiger partial charge < -0.3 is 10.5 Å². The third kappa shape index (κ3) is 2.79. The number of fused-ring (bicyclic) bond motifs is 1. The van der Waals surface area contributed by atoms with Crippen LogP contribution in [0.15, 0.2) is 41.4 Å². The normalized spacial score (nSPS) is 11.5. The van der Waals surface area contributed by atoms with E-state index in [0.717, 1.165) is 10.4 Å². The van der Waals surface area contributed by atoms with Crippen LogP contribution in [0, 0.1) is 0 Å². The average molecular weight is 337 g/mol. The number of aromatic nitrogens is 2. The van der Waals surface area contributed by atoms with E-state index in [1.165, 1.54) is 29.7 Å². The summed E-state index contributed by atoms with van der Waals surface area (Å²) >= 11 is 1.22. The number of nitrogens with zero attached hydrogens (tertiary/aromatic N) is 2. The van der Waals surface area contributed by atoms with Crippen LogP contribution in [0.4, 0.5) is 10.7 Å². The van der Waals surface area contributed by atoms with Gasteiger partial charge in [-0.2, -0.15) is 4.37 Å². The molecule has 114 valence electrons. The molecule has 0 aliphatic heterocycles. The molecular formula is C12H11N5O3S2. The second-order valence-corrected chi connectivity index (χ2v) is 6.67. The number of sulfonamides is 1. The molecule has 22 heavy (non-hydrogen) atoms. The van der Waals surface area contributed by atoms with Gasteiger partial charge in [0.25, 0.3) is 0 Å². The van der Waals surface area contributed by atoms with E-state index in [1.54, 1.807) is 12.3 Å². The molecule has 8 nitrogen and oxygen atoms in total. The molecule has 10 heteroatoms. The summed E-state index contributed by atoms with van der Waals surface area (Å²) in [6.07, 6.45) is 1.65. The average Bonchev–Trinajstić information content (AvgIpc) is 2.88. The van der Waals surface area contributed by atoms with E-state index in [9.17, 15) is 13.5 Å². The summed E-state index contributed by atoms with van der Waals surface area (Å²) in [7, 11) is -4.00. The first kappa shape index (κ1) is 14.5. The minimum Gasteiger partial charge on any atom is -0.507 e. The summed E-state index contributed by atoms with van der Waals surface area (Å²) in [6, 6.07) is 7.65. The summed E-state index contributed by atoms with van der Waals surface area (Å²) in [4.78, 5) is 3.77. The van der Waals surface area contributed by atoms with Crippen molar-refractivity contribution < 1.29 is 13.5 Å². The Balaban J connectivity index is 1.85. The number of phenols is 1. The summed E-state index contributed by atoms with van der Waals surface area (Å²) < 4.78 is 26.9. The van der Waals surface area contributed by atoms with E-state index in [-0.39, 0.29) is 4.90 Å². The number of anilines is 2. The molecular weight excluding hydrogens is 326 g/mol. The molecule has 2 aromatic heterocycles. The maximum atomic E-state index is 11.4. The number of phenolic OH excluding ortho intramolecular Hbond substituents is 1. The molecule has 3 rings (SSSR count). The van der Waals surface area contributed by atoms with Crippen LogP contribution in [-0.2, 0) is 10.0 Å². The lowest BCUT2D eigenvalue weighted by Crippen LogP contribution is -2.14. The Morgan fingerprint density at radius 3 is 2.82 bits per heavy atom. The smallest absolute Gasteiger partial charge is 0.241 e. The summed E-state index contributed by atoms with van der Waals surface area (Å²) in [5.74, 6) is -0.402. The van der Waals surface area contributed by atoms with Crippen molar-refractivity contribution in [2.24, 2.45) is 5.14 Å². The molecule has 1 aromatic carbocycles. The van der Waals surface area contributed by atoms with E-state index in [1.807, 2.05) is 6.07 Å². The first-order chi connectivity index (χ1) is 10.4. The molecule has 5 N–H and O–H groups in total. The molecule has 3 aromatic rings. The molecule has 0 bridgehead atoms. The Morgan fingerprint density at radius 2 is 2.05 bits per heavy atom. The van der Waals surface area contributed by atoms with Crippen LogP contribution in [0.25, 0.3) is 11.0 Å². The molecule has 0 atom stereocenters.